The first-order chi connectivity index (χ1) is 12.9. The molecule has 2 aromatic heterocycles. The molecule has 1 aromatic carbocycles. The molecule has 3 rings (SSSR count). The molecule has 2 heterocycles. The molecule has 0 unspecified atom stereocenters. The normalized spacial score (nSPS) is 11.3. The number of anilines is 3. The number of nitro groups is 1. The van der Waals surface area contributed by atoms with E-state index in [1.807, 2.05) is 0 Å². The van der Waals surface area contributed by atoms with Crippen LogP contribution in [0, 0.1) is 10.1 Å². The number of sulfonamides is 1. The van der Waals surface area contributed by atoms with Crippen molar-refractivity contribution in [3.05, 3.63) is 64.9 Å². The predicted octanol–water partition coefficient (Wildman–Crippen LogP) is 1.78. The largest absolute Gasteiger partial charge is 0.468 e. The van der Waals surface area contributed by atoms with Crippen molar-refractivity contribution < 1.29 is 17.8 Å². The zero-order chi connectivity index (χ0) is 19.4. The lowest BCUT2D eigenvalue weighted by atomic mass is 10.3. The first-order valence-electron chi connectivity index (χ1n) is 7.51. The molecule has 0 aliphatic heterocycles. The number of aromatic nitrogens is 2. The van der Waals surface area contributed by atoms with Gasteiger partial charge < -0.3 is 15.5 Å². The molecule has 12 heteroatoms. The van der Waals surface area contributed by atoms with Crippen LogP contribution in [0.2, 0.25) is 0 Å². The van der Waals surface area contributed by atoms with Crippen molar-refractivity contribution in [1.29, 1.82) is 0 Å². The average Bonchev–Trinajstić information content (AvgIpc) is 3.14. The van der Waals surface area contributed by atoms with Crippen LogP contribution in [0.25, 0.3) is 0 Å². The summed E-state index contributed by atoms with van der Waals surface area (Å²) >= 11 is 0. The first-order valence-corrected chi connectivity index (χ1v) is 8.99. The molecule has 0 atom stereocenters. The zero-order valence-corrected chi connectivity index (χ0v) is 14.5. The first kappa shape index (κ1) is 18.3. The van der Waals surface area contributed by atoms with Gasteiger partial charge >= 0.3 is 5.69 Å². The molecule has 0 amide bonds. The van der Waals surface area contributed by atoms with Gasteiger partial charge in [-0.15, -0.1) is 0 Å². The third kappa shape index (κ3) is 4.19. The SMILES string of the molecule is Nc1ncnc(Nc2ccc(S(=O)(=O)NCc3ccco3)cc2)c1[N+](=O)[O-]. The molecule has 0 aliphatic rings. The maximum Gasteiger partial charge on any atom is 0.353 e. The molecule has 140 valence electrons. The Balaban J connectivity index is 1.76. The van der Waals surface area contributed by atoms with Gasteiger partial charge in [0.25, 0.3) is 0 Å². The molecule has 0 saturated heterocycles. The molecule has 11 nitrogen and oxygen atoms in total. The second-order valence-electron chi connectivity index (χ2n) is 5.27. The molecular formula is C15H14N6O5S. The monoisotopic (exact) mass is 390 g/mol. The third-order valence-corrected chi connectivity index (χ3v) is 4.89. The van der Waals surface area contributed by atoms with Gasteiger partial charge in [-0.3, -0.25) is 10.1 Å². The van der Waals surface area contributed by atoms with Crippen molar-refractivity contribution >= 4 is 33.0 Å². The van der Waals surface area contributed by atoms with Gasteiger partial charge in [0.2, 0.25) is 21.7 Å². The van der Waals surface area contributed by atoms with Crippen LogP contribution in [0.3, 0.4) is 0 Å². The van der Waals surface area contributed by atoms with Crippen molar-refractivity contribution in [2.45, 2.75) is 11.4 Å². The van der Waals surface area contributed by atoms with Crippen molar-refractivity contribution in [2.24, 2.45) is 0 Å². The quantitative estimate of drug-likeness (QED) is 0.402. The van der Waals surface area contributed by atoms with Gasteiger partial charge in [-0.2, -0.15) is 0 Å². The van der Waals surface area contributed by atoms with Crippen LogP contribution in [-0.4, -0.2) is 23.3 Å². The van der Waals surface area contributed by atoms with E-state index in [4.69, 9.17) is 10.2 Å². The number of furan rings is 1. The lowest BCUT2D eigenvalue weighted by Crippen LogP contribution is -2.22. The standard InChI is InChI=1S/C15H14N6O5S/c16-14-13(21(22)23)15(18-9-17-14)20-10-3-5-12(6-4-10)27(24,25)19-8-11-2-1-7-26-11/h1-7,9,19H,8H2,(H3,16,17,18,20). The fraction of sp³-hybridized carbons (Fsp3) is 0.0667. The maximum absolute atomic E-state index is 12.3. The van der Waals surface area contributed by atoms with Crippen molar-refractivity contribution in [3.8, 4) is 0 Å². The molecule has 0 radical (unpaired) electrons. The van der Waals surface area contributed by atoms with Gasteiger partial charge in [0, 0.05) is 5.69 Å². The predicted molar refractivity (Wildman–Crippen MR) is 95.6 cm³/mol. The summed E-state index contributed by atoms with van der Waals surface area (Å²) in [7, 11) is -3.75. The Morgan fingerprint density at radius 1 is 1.19 bits per heavy atom. The summed E-state index contributed by atoms with van der Waals surface area (Å²) in [5, 5.41) is 13.8. The molecule has 0 bridgehead atoms. The number of nitrogens with zero attached hydrogens (tertiary/aromatic N) is 3. The maximum atomic E-state index is 12.3. The Hall–Kier alpha value is -3.51. The van der Waals surface area contributed by atoms with E-state index < -0.39 is 20.6 Å². The number of nitrogen functional groups attached to an aromatic ring is 1. The van der Waals surface area contributed by atoms with Crippen molar-refractivity contribution in [2.75, 3.05) is 11.1 Å². The van der Waals surface area contributed by atoms with Gasteiger partial charge in [0.1, 0.15) is 12.1 Å². The van der Waals surface area contributed by atoms with Crippen LogP contribution in [-0.2, 0) is 16.6 Å². The molecular weight excluding hydrogens is 376 g/mol. The summed E-state index contributed by atoms with van der Waals surface area (Å²) < 4.78 is 32.1. The highest BCUT2D eigenvalue weighted by atomic mass is 32.2. The van der Waals surface area contributed by atoms with Crippen LogP contribution < -0.4 is 15.8 Å². The summed E-state index contributed by atoms with van der Waals surface area (Å²) in [5.41, 5.74) is 5.43. The number of benzene rings is 1. The average molecular weight is 390 g/mol. The summed E-state index contributed by atoms with van der Waals surface area (Å²) in [6.07, 6.45) is 2.53. The third-order valence-electron chi connectivity index (χ3n) is 3.48. The van der Waals surface area contributed by atoms with E-state index in [2.05, 4.69) is 20.0 Å². The number of nitrogens with one attached hydrogen (secondary N) is 2. The molecule has 27 heavy (non-hydrogen) atoms. The topological polar surface area (TPSA) is 166 Å². The van der Waals surface area contributed by atoms with E-state index in [0.29, 0.717) is 11.4 Å². The lowest BCUT2D eigenvalue weighted by molar-refractivity contribution is -0.383. The highest BCUT2D eigenvalue weighted by Gasteiger charge is 2.21. The van der Waals surface area contributed by atoms with E-state index >= 15 is 0 Å². The minimum absolute atomic E-state index is 0.0156. The number of hydrogen-bond acceptors (Lipinski definition) is 9. The Morgan fingerprint density at radius 2 is 1.93 bits per heavy atom. The second-order valence-corrected chi connectivity index (χ2v) is 7.03. The van der Waals surface area contributed by atoms with Crippen LogP contribution in [0.5, 0.6) is 0 Å². The molecule has 0 spiro atoms. The Labute approximate surface area is 153 Å². The van der Waals surface area contributed by atoms with E-state index in [1.165, 1.54) is 30.5 Å². The van der Waals surface area contributed by atoms with E-state index in [1.54, 1.807) is 12.1 Å². The highest BCUT2D eigenvalue weighted by Crippen LogP contribution is 2.29. The number of nitrogens with two attached hydrogens (primary N) is 1. The van der Waals surface area contributed by atoms with Gasteiger partial charge in [-0.05, 0) is 36.4 Å². The summed E-state index contributed by atoms with van der Waals surface area (Å²) in [5.74, 6) is 0.100. The van der Waals surface area contributed by atoms with Crippen LogP contribution in [0.15, 0.2) is 58.3 Å². The fourth-order valence-corrected chi connectivity index (χ4v) is 3.17. The number of hydrogen-bond donors (Lipinski definition) is 3. The smallest absolute Gasteiger partial charge is 0.353 e. The van der Waals surface area contributed by atoms with Gasteiger partial charge in [0.05, 0.1) is 22.6 Å². The number of rotatable bonds is 7. The van der Waals surface area contributed by atoms with Gasteiger partial charge in [-0.25, -0.2) is 23.1 Å². The zero-order valence-electron chi connectivity index (χ0n) is 13.7. The Kier molecular flexibility index (Phi) is 5.00. The molecule has 0 fully saturated rings. The van der Waals surface area contributed by atoms with Crippen LogP contribution in [0.1, 0.15) is 5.76 Å². The van der Waals surface area contributed by atoms with E-state index in [-0.39, 0.29) is 23.1 Å². The second kappa shape index (κ2) is 7.39. The fourth-order valence-electron chi connectivity index (χ4n) is 2.18. The van der Waals surface area contributed by atoms with E-state index in [0.717, 1.165) is 6.33 Å². The molecule has 3 aromatic rings. The van der Waals surface area contributed by atoms with Crippen LogP contribution >= 0.6 is 0 Å². The highest BCUT2D eigenvalue weighted by molar-refractivity contribution is 7.89. The Bertz CT molecular complexity index is 1050. The molecule has 0 aliphatic carbocycles. The minimum atomic E-state index is -3.75. The lowest BCUT2D eigenvalue weighted by Gasteiger charge is -2.09. The summed E-state index contributed by atoms with van der Waals surface area (Å²) in [6, 6.07) is 8.90. The Morgan fingerprint density at radius 3 is 2.56 bits per heavy atom. The van der Waals surface area contributed by atoms with Crippen LogP contribution in [0.4, 0.5) is 23.0 Å². The van der Waals surface area contributed by atoms with Gasteiger partial charge in [0.15, 0.2) is 0 Å². The summed E-state index contributed by atoms with van der Waals surface area (Å²) in [6.45, 7) is 0.0156. The summed E-state index contributed by atoms with van der Waals surface area (Å²) in [4.78, 5) is 17.8. The van der Waals surface area contributed by atoms with Crippen molar-refractivity contribution in [1.82, 2.24) is 14.7 Å². The van der Waals surface area contributed by atoms with Gasteiger partial charge in [-0.1, -0.05) is 0 Å². The van der Waals surface area contributed by atoms with E-state index in [9.17, 15) is 18.5 Å². The molecule has 0 saturated carbocycles. The molecule has 4 N–H and O–H groups in total. The van der Waals surface area contributed by atoms with Crippen molar-refractivity contribution in [3.63, 3.8) is 0 Å². The minimum Gasteiger partial charge on any atom is -0.468 e.